The standard InChI is InChI=1S/C13H20NO6P/c1-9(12(15)16)20-11-5-3-10(4-6-11)13(17)21(18,19)8-2-7-14/h3-6,9,13,17H,2,7-8,14H2,1H3,(H,15,16)(H,18,19). The summed E-state index contributed by atoms with van der Waals surface area (Å²) in [5, 5.41) is 18.7. The first-order valence-corrected chi connectivity index (χ1v) is 8.38. The van der Waals surface area contributed by atoms with Crippen LogP contribution in [0.25, 0.3) is 0 Å². The topological polar surface area (TPSA) is 130 Å². The van der Waals surface area contributed by atoms with Gasteiger partial charge in [-0.2, -0.15) is 0 Å². The quantitative estimate of drug-likeness (QED) is 0.529. The van der Waals surface area contributed by atoms with Crippen molar-refractivity contribution in [3.8, 4) is 5.75 Å². The van der Waals surface area contributed by atoms with Crippen LogP contribution in [0.4, 0.5) is 0 Å². The second-order valence-corrected chi connectivity index (χ2v) is 7.11. The Kier molecular flexibility index (Phi) is 6.36. The van der Waals surface area contributed by atoms with Crippen molar-refractivity contribution in [2.24, 2.45) is 5.73 Å². The molecule has 0 radical (unpaired) electrons. The van der Waals surface area contributed by atoms with Crippen LogP contribution in [-0.2, 0) is 9.36 Å². The van der Waals surface area contributed by atoms with Crippen molar-refractivity contribution in [2.45, 2.75) is 25.3 Å². The van der Waals surface area contributed by atoms with Gasteiger partial charge in [0, 0.05) is 6.16 Å². The lowest BCUT2D eigenvalue weighted by Gasteiger charge is -2.19. The fourth-order valence-corrected chi connectivity index (χ4v) is 3.16. The molecule has 5 N–H and O–H groups in total. The number of aliphatic hydroxyl groups excluding tert-OH is 1. The molecule has 21 heavy (non-hydrogen) atoms. The van der Waals surface area contributed by atoms with E-state index in [0.29, 0.717) is 12.2 Å². The van der Waals surface area contributed by atoms with E-state index in [9.17, 15) is 19.4 Å². The smallest absolute Gasteiger partial charge is 0.344 e. The van der Waals surface area contributed by atoms with Crippen molar-refractivity contribution < 1.29 is 29.2 Å². The van der Waals surface area contributed by atoms with Crippen LogP contribution in [0.1, 0.15) is 24.8 Å². The first-order chi connectivity index (χ1) is 9.77. The van der Waals surface area contributed by atoms with Crippen LogP contribution in [-0.4, -0.2) is 39.9 Å². The second kappa shape index (κ2) is 7.56. The fraction of sp³-hybridized carbons (Fsp3) is 0.462. The number of nitrogens with two attached hydrogens (primary N) is 1. The molecule has 0 aliphatic heterocycles. The third-order valence-electron chi connectivity index (χ3n) is 2.90. The summed E-state index contributed by atoms with van der Waals surface area (Å²) >= 11 is 0. The molecule has 3 atom stereocenters. The average molecular weight is 317 g/mol. The Morgan fingerprint density at radius 3 is 2.43 bits per heavy atom. The zero-order valence-corrected chi connectivity index (χ0v) is 12.6. The predicted octanol–water partition coefficient (Wildman–Crippen LogP) is 1.15. The van der Waals surface area contributed by atoms with Crippen molar-refractivity contribution in [2.75, 3.05) is 12.7 Å². The van der Waals surface area contributed by atoms with Crippen LogP contribution in [0.15, 0.2) is 24.3 Å². The van der Waals surface area contributed by atoms with Crippen LogP contribution >= 0.6 is 7.37 Å². The number of rotatable bonds is 8. The second-order valence-electron chi connectivity index (χ2n) is 4.66. The third-order valence-corrected chi connectivity index (χ3v) is 4.92. The van der Waals surface area contributed by atoms with Gasteiger partial charge in [0.1, 0.15) is 5.75 Å². The highest BCUT2D eigenvalue weighted by Crippen LogP contribution is 2.54. The van der Waals surface area contributed by atoms with Crippen LogP contribution in [0.5, 0.6) is 5.75 Å². The number of hydrogen-bond donors (Lipinski definition) is 4. The lowest BCUT2D eigenvalue weighted by molar-refractivity contribution is -0.144. The molecular formula is C13H20NO6P. The van der Waals surface area contributed by atoms with Gasteiger partial charge in [-0.05, 0) is 37.6 Å². The van der Waals surface area contributed by atoms with E-state index in [1.54, 1.807) is 0 Å². The third kappa shape index (κ3) is 5.13. The lowest BCUT2D eigenvalue weighted by atomic mass is 10.2. The van der Waals surface area contributed by atoms with Gasteiger partial charge < -0.3 is 25.6 Å². The Labute approximate surface area is 122 Å². The van der Waals surface area contributed by atoms with Gasteiger partial charge in [0.25, 0.3) is 0 Å². The van der Waals surface area contributed by atoms with E-state index in [2.05, 4.69) is 0 Å². The summed E-state index contributed by atoms with van der Waals surface area (Å²) < 4.78 is 17.1. The zero-order chi connectivity index (χ0) is 16.0. The zero-order valence-electron chi connectivity index (χ0n) is 11.7. The van der Waals surface area contributed by atoms with Crippen molar-refractivity contribution in [3.63, 3.8) is 0 Å². The number of hydrogen-bond acceptors (Lipinski definition) is 5. The summed E-state index contributed by atoms with van der Waals surface area (Å²) in [4.78, 5) is 20.5. The van der Waals surface area contributed by atoms with E-state index in [1.165, 1.54) is 31.2 Å². The van der Waals surface area contributed by atoms with Crippen LogP contribution in [0.2, 0.25) is 0 Å². The molecule has 0 spiro atoms. The SMILES string of the molecule is CC(Oc1ccc(C(O)P(=O)(O)CCCN)cc1)C(=O)O. The van der Waals surface area contributed by atoms with Gasteiger partial charge >= 0.3 is 5.97 Å². The van der Waals surface area contributed by atoms with Crippen LogP contribution in [0.3, 0.4) is 0 Å². The number of ether oxygens (including phenoxy) is 1. The number of carboxylic acids is 1. The van der Waals surface area contributed by atoms with Gasteiger partial charge in [-0.15, -0.1) is 0 Å². The summed E-state index contributed by atoms with van der Waals surface area (Å²) in [7, 11) is -3.74. The summed E-state index contributed by atoms with van der Waals surface area (Å²) in [6, 6.07) is 5.75. The molecule has 0 aromatic heterocycles. The molecule has 3 unspecified atom stereocenters. The highest BCUT2D eigenvalue weighted by atomic mass is 31.2. The fourth-order valence-electron chi connectivity index (χ4n) is 1.65. The van der Waals surface area contributed by atoms with Crippen LogP contribution in [0, 0.1) is 0 Å². The molecule has 7 nitrogen and oxygen atoms in total. The van der Waals surface area contributed by atoms with Crippen LogP contribution < -0.4 is 10.5 Å². The van der Waals surface area contributed by atoms with Gasteiger partial charge in [-0.25, -0.2) is 4.79 Å². The lowest BCUT2D eigenvalue weighted by Crippen LogP contribution is -2.22. The Bertz CT molecular complexity index is 518. The first kappa shape index (κ1) is 17.7. The molecule has 0 saturated heterocycles. The summed E-state index contributed by atoms with van der Waals surface area (Å²) in [5.41, 5.74) is 5.56. The molecule has 0 saturated carbocycles. The summed E-state index contributed by atoms with van der Waals surface area (Å²) in [5.74, 6) is -2.29. The normalized spacial score (nSPS) is 16.8. The van der Waals surface area contributed by atoms with Gasteiger partial charge in [-0.3, -0.25) is 4.57 Å². The monoisotopic (exact) mass is 317 g/mol. The van der Waals surface area contributed by atoms with E-state index in [1.807, 2.05) is 0 Å². The first-order valence-electron chi connectivity index (χ1n) is 6.47. The van der Waals surface area contributed by atoms with E-state index in [4.69, 9.17) is 15.6 Å². The largest absolute Gasteiger partial charge is 0.479 e. The summed E-state index contributed by atoms with van der Waals surface area (Å²) in [6.45, 7) is 1.66. The molecular weight excluding hydrogens is 297 g/mol. The highest BCUT2D eigenvalue weighted by molar-refractivity contribution is 7.58. The van der Waals surface area contributed by atoms with E-state index in [0.717, 1.165) is 0 Å². The maximum Gasteiger partial charge on any atom is 0.344 e. The molecule has 1 aromatic rings. The summed E-state index contributed by atoms with van der Waals surface area (Å²) in [6.07, 6.45) is -0.713. The minimum absolute atomic E-state index is 0.0566. The Balaban J connectivity index is 2.77. The highest BCUT2D eigenvalue weighted by Gasteiger charge is 2.29. The minimum Gasteiger partial charge on any atom is -0.479 e. The van der Waals surface area contributed by atoms with E-state index < -0.39 is 25.3 Å². The van der Waals surface area contributed by atoms with E-state index >= 15 is 0 Å². The molecule has 118 valence electrons. The Morgan fingerprint density at radius 1 is 1.38 bits per heavy atom. The number of aliphatic carboxylic acids is 1. The Hall–Kier alpha value is -1.40. The molecule has 0 bridgehead atoms. The Morgan fingerprint density at radius 2 is 1.95 bits per heavy atom. The van der Waals surface area contributed by atoms with E-state index in [-0.39, 0.29) is 18.3 Å². The van der Waals surface area contributed by atoms with Gasteiger partial charge in [0.2, 0.25) is 7.37 Å². The molecule has 1 aromatic carbocycles. The predicted molar refractivity (Wildman–Crippen MR) is 77.5 cm³/mol. The van der Waals surface area contributed by atoms with Gasteiger partial charge in [0.15, 0.2) is 11.9 Å². The number of carbonyl (C=O) groups is 1. The molecule has 0 aliphatic rings. The van der Waals surface area contributed by atoms with Gasteiger partial charge in [-0.1, -0.05) is 12.1 Å². The van der Waals surface area contributed by atoms with Crippen molar-refractivity contribution in [3.05, 3.63) is 29.8 Å². The van der Waals surface area contributed by atoms with Crippen molar-refractivity contribution in [1.82, 2.24) is 0 Å². The molecule has 0 fully saturated rings. The maximum atomic E-state index is 12.0. The molecule has 0 amide bonds. The average Bonchev–Trinajstić information content (AvgIpc) is 2.45. The number of aliphatic hydroxyl groups is 1. The molecule has 1 rings (SSSR count). The van der Waals surface area contributed by atoms with Gasteiger partial charge in [0.05, 0.1) is 0 Å². The molecule has 0 heterocycles. The maximum absolute atomic E-state index is 12.0. The minimum atomic E-state index is -3.74. The number of benzene rings is 1. The van der Waals surface area contributed by atoms with Crippen molar-refractivity contribution in [1.29, 1.82) is 0 Å². The molecule has 0 aliphatic carbocycles. The number of carboxylic acid groups (broad SMARTS) is 1. The van der Waals surface area contributed by atoms with Crippen molar-refractivity contribution >= 4 is 13.3 Å². The molecule has 8 heteroatoms.